The van der Waals surface area contributed by atoms with Crippen molar-refractivity contribution >= 4 is 23.1 Å². The summed E-state index contributed by atoms with van der Waals surface area (Å²) >= 11 is 0. The summed E-state index contributed by atoms with van der Waals surface area (Å²) < 4.78 is 0. The van der Waals surface area contributed by atoms with Crippen LogP contribution in [0.1, 0.15) is 36.4 Å². The first-order valence-electron chi connectivity index (χ1n) is 8.13. The van der Waals surface area contributed by atoms with E-state index in [0.717, 1.165) is 25.0 Å². The minimum Gasteiger partial charge on any atom is -0.370 e. The van der Waals surface area contributed by atoms with Gasteiger partial charge < -0.3 is 10.6 Å². The topological polar surface area (TPSA) is 78.4 Å². The number of benzene rings is 1. The molecule has 118 valence electrons. The van der Waals surface area contributed by atoms with Crippen molar-refractivity contribution < 1.29 is 0 Å². The number of piperidine rings is 1. The number of hydrogen-bond acceptors (Lipinski definition) is 3. The third-order valence-electron chi connectivity index (χ3n) is 4.89. The van der Waals surface area contributed by atoms with Crippen LogP contribution in [-0.2, 0) is 0 Å². The van der Waals surface area contributed by atoms with Gasteiger partial charge in [0, 0.05) is 42.4 Å². The molecule has 0 radical (unpaired) electrons. The van der Waals surface area contributed by atoms with Crippen LogP contribution in [0, 0.1) is 11.3 Å². The molecular formula is C18H21N5. The Labute approximate surface area is 135 Å². The van der Waals surface area contributed by atoms with Gasteiger partial charge in [-0.2, -0.15) is 0 Å². The Morgan fingerprint density at radius 1 is 1.26 bits per heavy atom. The van der Waals surface area contributed by atoms with Crippen LogP contribution in [0.3, 0.4) is 0 Å². The summed E-state index contributed by atoms with van der Waals surface area (Å²) in [5, 5.41) is 8.98. The predicted octanol–water partition coefficient (Wildman–Crippen LogP) is 2.68. The van der Waals surface area contributed by atoms with E-state index in [4.69, 9.17) is 11.1 Å². The van der Waals surface area contributed by atoms with Gasteiger partial charge in [0.05, 0.1) is 5.52 Å². The molecule has 2 aliphatic rings. The lowest BCUT2D eigenvalue weighted by atomic mass is 9.83. The monoisotopic (exact) mass is 307 g/mol. The van der Waals surface area contributed by atoms with Gasteiger partial charge in [0.2, 0.25) is 0 Å². The van der Waals surface area contributed by atoms with Gasteiger partial charge in [-0.25, -0.2) is 0 Å². The van der Waals surface area contributed by atoms with Gasteiger partial charge in [-0.3, -0.25) is 15.4 Å². The molecule has 1 unspecified atom stereocenters. The molecule has 1 saturated heterocycles. The first-order valence-corrected chi connectivity index (χ1v) is 8.13. The van der Waals surface area contributed by atoms with Crippen LogP contribution in [0.15, 0.2) is 35.5 Å². The fourth-order valence-electron chi connectivity index (χ4n) is 3.79. The summed E-state index contributed by atoms with van der Waals surface area (Å²) in [5.41, 5.74) is 9.30. The van der Waals surface area contributed by atoms with Gasteiger partial charge in [-0.15, -0.1) is 0 Å². The average Bonchev–Trinajstić information content (AvgIpc) is 3.38. The molecule has 0 aliphatic carbocycles. The molecule has 1 aromatic carbocycles. The summed E-state index contributed by atoms with van der Waals surface area (Å²) in [7, 11) is 0. The number of hydrogen-bond donors (Lipinski definition) is 2. The molecule has 3 N–H and O–H groups in total. The number of aromatic nitrogens is 1. The van der Waals surface area contributed by atoms with E-state index in [1.54, 1.807) is 0 Å². The molecule has 3 atom stereocenters. The third kappa shape index (κ3) is 2.56. The van der Waals surface area contributed by atoms with Gasteiger partial charge in [0.25, 0.3) is 0 Å². The number of rotatable bonds is 2. The van der Waals surface area contributed by atoms with Gasteiger partial charge in [0.1, 0.15) is 6.04 Å². The highest BCUT2D eigenvalue weighted by Gasteiger charge is 2.29. The molecule has 5 nitrogen and oxygen atoms in total. The van der Waals surface area contributed by atoms with E-state index in [2.05, 4.69) is 35.1 Å². The first kappa shape index (κ1) is 14.2. The quantitative estimate of drug-likeness (QED) is 0.661. The Balaban J connectivity index is 1.76. The number of nitrogens with one attached hydrogen (secondary N) is 1. The van der Waals surface area contributed by atoms with Crippen LogP contribution in [0.5, 0.6) is 0 Å². The normalized spacial score (nSPS) is 26.5. The maximum Gasteiger partial charge on any atom is 0.188 e. The molecule has 5 heteroatoms. The van der Waals surface area contributed by atoms with Crippen molar-refractivity contribution in [3.05, 3.63) is 41.6 Å². The standard InChI is InChI=1S/C18H21N5/c1-11-7-12(10-23(9-11)18(19)20)13-4-5-15(16-8-22-16)17-14(13)3-2-6-21-17/h2-6,8,11-12,16H,7,9-10H2,1H3,(H3,19,20)/t11-,12+,16?/m1/s1. The lowest BCUT2D eigenvalue weighted by Crippen LogP contribution is -2.45. The van der Waals surface area contributed by atoms with Crippen LogP contribution in [0.4, 0.5) is 0 Å². The lowest BCUT2D eigenvalue weighted by molar-refractivity contribution is 0.242. The fraction of sp³-hybridized carbons (Fsp3) is 0.389. The molecular weight excluding hydrogens is 286 g/mol. The molecule has 3 heterocycles. The Hall–Kier alpha value is -2.43. The van der Waals surface area contributed by atoms with Crippen molar-refractivity contribution in [3.63, 3.8) is 0 Å². The van der Waals surface area contributed by atoms with Crippen LogP contribution >= 0.6 is 0 Å². The van der Waals surface area contributed by atoms with E-state index in [1.807, 2.05) is 23.4 Å². The maximum absolute atomic E-state index is 7.77. The van der Waals surface area contributed by atoms with E-state index in [9.17, 15) is 0 Å². The predicted molar refractivity (Wildman–Crippen MR) is 93.0 cm³/mol. The molecule has 0 amide bonds. The number of pyridine rings is 1. The molecule has 2 aromatic rings. The van der Waals surface area contributed by atoms with E-state index in [0.29, 0.717) is 11.8 Å². The Morgan fingerprint density at radius 3 is 2.78 bits per heavy atom. The average molecular weight is 307 g/mol. The summed E-state index contributed by atoms with van der Waals surface area (Å²) in [6.45, 7) is 3.91. The molecule has 1 fully saturated rings. The van der Waals surface area contributed by atoms with E-state index in [1.165, 1.54) is 16.5 Å². The molecule has 4 rings (SSSR count). The molecule has 0 bridgehead atoms. The number of guanidine groups is 1. The van der Waals surface area contributed by atoms with E-state index >= 15 is 0 Å². The molecule has 23 heavy (non-hydrogen) atoms. The maximum atomic E-state index is 7.77. The van der Waals surface area contributed by atoms with Gasteiger partial charge in [0.15, 0.2) is 5.96 Å². The largest absolute Gasteiger partial charge is 0.370 e. The second-order valence-corrected chi connectivity index (χ2v) is 6.71. The highest BCUT2D eigenvalue weighted by Crippen LogP contribution is 2.37. The van der Waals surface area contributed by atoms with Crippen LogP contribution in [0.2, 0.25) is 0 Å². The Bertz CT molecular complexity index is 791. The minimum atomic E-state index is 0.173. The van der Waals surface area contributed by atoms with Crippen molar-refractivity contribution in [3.8, 4) is 0 Å². The van der Waals surface area contributed by atoms with Crippen molar-refractivity contribution in [2.24, 2.45) is 16.6 Å². The second kappa shape index (κ2) is 5.33. The highest BCUT2D eigenvalue weighted by atomic mass is 15.2. The zero-order chi connectivity index (χ0) is 16.0. The summed E-state index contributed by atoms with van der Waals surface area (Å²) in [6.07, 6.45) is 4.93. The number of likely N-dealkylation sites (tertiary alicyclic amines) is 1. The summed E-state index contributed by atoms with van der Waals surface area (Å²) in [5.74, 6) is 1.08. The zero-order valence-corrected chi connectivity index (χ0v) is 13.2. The van der Waals surface area contributed by atoms with Crippen LogP contribution < -0.4 is 5.73 Å². The number of fused-ring (bicyclic) bond motifs is 1. The van der Waals surface area contributed by atoms with Crippen molar-refractivity contribution in [1.29, 1.82) is 5.41 Å². The molecule has 1 aromatic heterocycles. The second-order valence-electron chi connectivity index (χ2n) is 6.71. The Morgan fingerprint density at radius 2 is 2.04 bits per heavy atom. The van der Waals surface area contributed by atoms with E-state index in [-0.39, 0.29) is 12.0 Å². The SMILES string of the molecule is C[C@@H]1C[C@H](c2ccc(C3C=N3)c3ncccc23)CN(C(=N)N)C1. The van der Waals surface area contributed by atoms with Gasteiger partial charge >= 0.3 is 0 Å². The first-order chi connectivity index (χ1) is 11.1. The van der Waals surface area contributed by atoms with Crippen LogP contribution in [-0.4, -0.2) is 35.1 Å². The number of nitrogens with two attached hydrogens (primary N) is 1. The highest BCUT2D eigenvalue weighted by molar-refractivity contribution is 5.92. The number of nitrogens with zero attached hydrogens (tertiary/aromatic N) is 3. The molecule has 0 saturated carbocycles. The lowest BCUT2D eigenvalue weighted by Gasteiger charge is -2.37. The van der Waals surface area contributed by atoms with E-state index < -0.39 is 0 Å². The van der Waals surface area contributed by atoms with Crippen molar-refractivity contribution in [2.45, 2.75) is 25.3 Å². The zero-order valence-electron chi connectivity index (χ0n) is 13.2. The van der Waals surface area contributed by atoms with Crippen molar-refractivity contribution in [1.82, 2.24) is 9.88 Å². The Kier molecular flexibility index (Phi) is 3.29. The molecule has 2 aliphatic heterocycles. The van der Waals surface area contributed by atoms with Crippen LogP contribution in [0.25, 0.3) is 10.9 Å². The van der Waals surface area contributed by atoms with Gasteiger partial charge in [-0.05, 0) is 24.0 Å². The molecule has 0 spiro atoms. The summed E-state index contributed by atoms with van der Waals surface area (Å²) in [6, 6.07) is 8.75. The fourth-order valence-corrected chi connectivity index (χ4v) is 3.79. The minimum absolute atomic E-state index is 0.173. The third-order valence-corrected chi connectivity index (χ3v) is 4.89. The van der Waals surface area contributed by atoms with Crippen molar-refractivity contribution in [2.75, 3.05) is 13.1 Å². The van der Waals surface area contributed by atoms with Gasteiger partial charge in [-0.1, -0.05) is 25.1 Å². The summed E-state index contributed by atoms with van der Waals surface area (Å²) in [4.78, 5) is 10.9. The smallest absolute Gasteiger partial charge is 0.188 e. The number of aliphatic imine (C=N–C) groups is 1.